The maximum absolute atomic E-state index is 12.7. The summed E-state index contributed by atoms with van der Waals surface area (Å²) in [6, 6.07) is 8.31. The highest BCUT2D eigenvalue weighted by molar-refractivity contribution is 8.18. The van der Waals surface area contributed by atoms with Gasteiger partial charge < -0.3 is 9.15 Å². The summed E-state index contributed by atoms with van der Waals surface area (Å²) in [5.41, 5.74) is 2.04. The van der Waals surface area contributed by atoms with Gasteiger partial charge in [0.2, 0.25) is 5.76 Å². The largest absolute Gasteiger partial charge is 0.463 e. The van der Waals surface area contributed by atoms with Crippen molar-refractivity contribution in [3.8, 4) is 0 Å². The number of fused-ring (bicyclic) bond motifs is 1. The van der Waals surface area contributed by atoms with Crippen molar-refractivity contribution in [2.24, 2.45) is 14.1 Å². The van der Waals surface area contributed by atoms with Gasteiger partial charge in [-0.3, -0.25) is 23.6 Å². The molecule has 0 bridgehead atoms. The maximum atomic E-state index is 12.7. The summed E-state index contributed by atoms with van der Waals surface area (Å²) < 4.78 is 13.0. The Morgan fingerprint density at radius 2 is 1.83 bits per heavy atom. The standard InChI is InChI=1S/C20H17N3O6S/c1-21-13-6-4-11(8-14(13)22(2)19(21)26)9-16-17(24)23(20(27)30-16)10-12-5-7-15(29-12)18(25)28-3/h4-9H,10H2,1-3H3. The molecule has 1 fully saturated rings. The van der Waals surface area contributed by atoms with E-state index in [-0.39, 0.29) is 22.9 Å². The second-order valence-electron chi connectivity index (χ2n) is 6.67. The highest BCUT2D eigenvalue weighted by Crippen LogP contribution is 2.33. The van der Waals surface area contributed by atoms with E-state index in [0.717, 1.165) is 27.7 Å². The highest BCUT2D eigenvalue weighted by atomic mass is 32.2. The molecular weight excluding hydrogens is 410 g/mol. The summed E-state index contributed by atoms with van der Waals surface area (Å²) in [6.07, 6.45) is 1.61. The molecule has 2 aromatic heterocycles. The Hall–Kier alpha value is -3.53. The van der Waals surface area contributed by atoms with E-state index in [4.69, 9.17) is 4.42 Å². The molecular formula is C20H17N3O6S. The fourth-order valence-electron chi connectivity index (χ4n) is 3.23. The number of aryl methyl sites for hydroxylation is 2. The van der Waals surface area contributed by atoms with Gasteiger partial charge in [-0.25, -0.2) is 9.59 Å². The molecule has 3 aromatic rings. The lowest BCUT2D eigenvalue weighted by molar-refractivity contribution is -0.123. The van der Waals surface area contributed by atoms with Crippen LogP contribution in [0.2, 0.25) is 0 Å². The topological polar surface area (TPSA) is 104 Å². The van der Waals surface area contributed by atoms with Crippen molar-refractivity contribution < 1.29 is 23.5 Å². The van der Waals surface area contributed by atoms with Gasteiger partial charge in [-0.1, -0.05) is 6.07 Å². The van der Waals surface area contributed by atoms with E-state index < -0.39 is 17.1 Å². The van der Waals surface area contributed by atoms with Crippen LogP contribution in [0.3, 0.4) is 0 Å². The number of aromatic nitrogens is 2. The normalized spacial score (nSPS) is 15.6. The average Bonchev–Trinajstić information content (AvgIpc) is 3.37. The number of imidazole rings is 1. The smallest absolute Gasteiger partial charge is 0.373 e. The zero-order valence-corrected chi connectivity index (χ0v) is 17.2. The van der Waals surface area contributed by atoms with Crippen LogP contribution >= 0.6 is 11.8 Å². The molecule has 0 spiro atoms. The van der Waals surface area contributed by atoms with Crippen molar-refractivity contribution >= 4 is 46.0 Å². The van der Waals surface area contributed by atoms with Crippen molar-refractivity contribution in [2.75, 3.05) is 7.11 Å². The quantitative estimate of drug-likeness (QED) is 0.465. The predicted octanol–water partition coefficient (Wildman–Crippen LogP) is 2.49. The number of furan rings is 1. The summed E-state index contributed by atoms with van der Waals surface area (Å²) in [4.78, 5) is 50.0. The van der Waals surface area contributed by atoms with E-state index in [9.17, 15) is 19.2 Å². The summed E-state index contributed by atoms with van der Waals surface area (Å²) in [7, 11) is 4.60. The Bertz CT molecular complexity index is 1300. The fraction of sp³-hybridized carbons (Fsp3) is 0.200. The number of esters is 1. The third kappa shape index (κ3) is 3.24. The minimum absolute atomic E-state index is 0.00297. The number of ether oxygens (including phenoxy) is 1. The lowest BCUT2D eigenvalue weighted by Crippen LogP contribution is -2.27. The van der Waals surface area contributed by atoms with Crippen molar-refractivity contribution in [2.45, 2.75) is 6.54 Å². The lowest BCUT2D eigenvalue weighted by atomic mass is 10.2. The number of hydrogen-bond acceptors (Lipinski definition) is 7. The van der Waals surface area contributed by atoms with Crippen LogP contribution in [-0.2, 0) is 30.2 Å². The fourth-order valence-corrected chi connectivity index (χ4v) is 4.07. The Balaban J connectivity index is 1.59. The van der Waals surface area contributed by atoms with Gasteiger partial charge in [0.25, 0.3) is 11.1 Å². The van der Waals surface area contributed by atoms with E-state index in [2.05, 4.69) is 4.74 Å². The second-order valence-corrected chi connectivity index (χ2v) is 7.67. The van der Waals surface area contributed by atoms with Crippen molar-refractivity contribution in [1.82, 2.24) is 14.0 Å². The Morgan fingerprint density at radius 3 is 2.57 bits per heavy atom. The Morgan fingerprint density at radius 1 is 1.10 bits per heavy atom. The molecule has 0 aliphatic carbocycles. The van der Waals surface area contributed by atoms with Gasteiger partial charge in [0.1, 0.15) is 5.76 Å². The molecule has 1 aromatic carbocycles. The van der Waals surface area contributed by atoms with Crippen LogP contribution in [0.4, 0.5) is 4.79 Å². The number of nitrogens with zero attached hydrogens (tertiary/aromatic N) is 3. The van der Waals surface area contributed by atoms with Crippen LogP contribution < -0.4 is 5.69 Å². The van der Waals surface area contributed by atoms with Crippen LogP contribution in [0.5, 0.6) is 0 Å². The van der Waals surface area contributed by atoms with Crippen LogP contribution in [0, 0.1) is 0 Å². The molecule has 1 saturated heterocycles. The second kappa shape index (κ2) is 7.38. The third-order valence-corrected chi connectivity index (χ3v) is 5.74. The van der Waals surface area contributed by atoms with E-state index in [0.29, 0.717) is 11.3 Å². The number of carbonyl (C=O) groups excluding carboxylic acids is 3. The Labute approximate surface area is 174 Å². The molecule has 9 nitrogen and oxygen atoms in total. The number of rotatable bonds is 4. The number of thioether (sulfide) groups is 1. The first kappa shape index (κ1) is 19.8. The molecule has 1 aliphatic rings. The molecule has 1 aliphatic heterocycles. The predicted molar refractivity (Wildman–Crippen MR) is 110 cm³/mol. The molecule has 10 heteroatoms. The van der Waals surface area contributed by atoms with Gasteiger partial charge in [0.15, 0.2) is 0 Å². The van der Waals surface area contributed by atoms with E-state index in [1.807, 2.05) is 0 Å². The van der Waals surface area contributed by atoms with Crippen LogP contribution in [0.15, 0.2) is 44.4 Å². The molecule has 0 unspecified atom stereocenters. The number of methoxy groups -OCH3 is 1. The number of hydrogen-bond donors (Lipinski definition) is 0. The summed E-state index contributed by atoms with van der Waals surface area (Å²) in [5, 5.41) is -0.435. The average molecular weight is 427 g/mol. The van der Waals surface area contributed by atoms with Crippen LogP contribution in [-0.4, -0.2) is 38.3 Å². The van der Waals surface area contributed by atoms with Gasteiger partial charge in [0.05, 0.1) is 29.6 Å². The molecule has 0 saturated carbocycles. The van der Waals surface area contributed by atoms with E-state index in [1.165, 1.54) is 23.8 Å². The van der Waals surface area contributed by atoms with Crippen LogP contribution in [0.25, 0.3) is 17.1 Å². The molecule has 3 heterocycles. The zero-order chi connectivity index (χ0) is 21.6. The first-order valence-electron chi connectivity index (χ1n) is 8.88. The first-order chi connectivity index (χ1) is 14.3. The summed E-state index contributed by atoms with van der Waals surface area (Å²) >= 11 is 0.823. The van der Waals surface area contributed by atoms with Crippen molar-refractivity contribution in [3.63, 3.8) is 0 Å². The summed E-state index contributed by atoms with van der Waals surface area (Å²) in [6.45, 7) is -0.0920. The third-order valence-electron chi connectivity index (χ3n) is 4.83. The molecule has 2 amide bonds. The van der Waals surface area contributed by atoms with E-state index >= 15 is 0 Å². The van der Waals surface area contributed by atoms with Crippen molar-refractivity contribution in [3.05, 3.63) is 62.8 Å². The molecule has 0 atom stereocenters. The van der Waals surface area contributed by atoms with Gasteiger partial charge in [0, 0.05) is 14.1 Å². The maximum Gasteiger partial charge on any atom is 0.373 e. The monoisotopic (exact) mass is 427 g/mol. The molecule has 30 heavy (non-hydrogen) atoms. The Kier molecular flexibility index (Phi) is 4.86. The number of carbonyl (C=O) groups is 3. The van der Waals surface area contributed by atoms with Crippen molar-refractivity contribution in [1.29, 1.82) is 0 Å². The molecule has 0 radical (unpaired) electrons. The summed E-state index contributed by atoms with van der Waals surface area (Å²) in [5.74, 6) is -0.805. The molecule has 154 valence electrons. The van der Waals surface area contributed by atoms with Gasteiger partial charge >= 0.3 is 11.7 Å². The van der Waals surface area contributed by atoms with Crippen LogP contribution in [0.1, 0.15) is 21.9 Å². The minimum atomic E-state index is -0.638. The minimum Gasteiger partial charge on any atom is -0.463 e. The lowest BCUT2D eigenvalue weighted by Gasteiger charge is -2.09. The van der Waals surface area contributed by atoms with Gasteiger partial charge in [-0.15, -0.1) is 0 Å². The zero-order valence-electron chi connectivity index (χ0n) is 16.4. The van der Waals surface area contributed by atoms with Gasteiger partial charge in [-0.2, -0.15) is 0 Å². The number of amides is 2. The van der Waals surface area contributed by atoms with Gasteiger partial charge in [-0.05, 0) is 47.7 Å². The number of imide groups is 1. The SMILES string of the molecule is COC(=O)c1ccc(CN2C(=O)SC(=Cc3ccc4c(c3)n(C)c(=O)n4C)C2=O)o1. The highest BCUT2D eigenvalue weighted by Gasteiger charge is 2.35. The molecule has 0 N–H and O–H groups in total. The first-order valence-corrected chi connectivity index (χ1v) is 9.69. The number of benzene rings is 1. The van der Waals surface area contributed by atoms with E-state index in [1.54, 1.807) is 42.9 Å². The molecule has 4 rings (SSSR count).